The number of rotatable bonds is 8. The molecule has 1 N–H and O–H groups in total. The summed E-state index contributed by atoms with van der Waals surface area (Å²) >= 11 is 0. The Bertz CT molecular complexity index is 777. The standard InChI is InChI=1S/C21H25NO5/c1-3-24-17-10-9-15(13-19(17)25-4-2)11-12-22-21(23)20-14-26-16-7-5-6-8-18(16)27-20/h5-10,13,20H,3-4,11-12,14H2,1-2H3,(H,22,23). The van der Waals surface area contributed by atoms with E-state index < -0.39 is 6.10 Å². The molecule has 0 saturated carbocycles. The van der Waals surface area contributed by atoms with Gasteiger partial charge in [0.15, 0.2) is 23.0 Å². The van der Waals surface area contributed by atoms with Gasteiger partial charge in [0.1, 0.15) is 6.61 Å². The number of carbonyl (C=O) groups excluding carboxylic acids is 1. The summed E-state index contributed by atoms with van der Waals surface area (Å²) in [6.07, 6.45) is 0.0433. The molecule has 6 nitrogen and oxygen atoms in total. The van der Waals surface area contributed by atoms with Crippen LogP contribution in [0.3, 0.4) is 0 Å². The lowest BCUT2D eigenvalue weighted by Crippen LogP contribution is -2.44. The van der Waals surface area contributed by atoms with Crippen LogP contribution in [0.4, 0.5) is 0 Å². The molecule has 0 bridgehead atoms. The number of benzene rings is 2. The van der Waals surface area contributed by atoms with Gasteiger partial charge in [0, 0.05) is 6.54 Å². The molecule has 6 heteroatoms. The first-order valence-electron chi connectivity index (χ1n) is 9.26. The second kappa shape index (κ2) is 9.16. The van der Waals surface area contributed by atoms with Gasteiger partial charge < -0.3 is 24.3 Å². The smallest absolute Gasteiger partial charge is 0.264 e. The predicted octanol–water partition coefficient (Wildman–Crippen LogP) is 2.98. The minimum atomic E-state index is -0.640. The van der Waals surface area contributed by atoms with Crippen LogP contribution in [0, 0.1) is 0 Å². The predicted molar refractivity (Wildman–Crippen MR) is 102 cm³/mol. The fourth-order valence-electron chi connectivity index (χ4n) is 2.84. The topological polar surface area (TPSA) is 66.0 Å². The molecule has 3 rings (SSSR count). The highest BCUT2D eigenvalue weighted by molar-refractivity contribution is 5.81. The molecule has 1 aliphatic rings. The number of hydrogen-bond donors (Lipinski definition) is 1. The highest BCUT2D eigenvalue weighted by Gasteiger charge is 2.26. The quantitative estimate of drug-likeness (QED) is 0.773. The molecule has 0 fully saturated rings. The molecular formula is C21H25NO5. The molecule has 0 aromatic heterocycles. The molecule has 0 saturated heterocycles. The Morgan fingerprint density at radius 1 is 1.07 bits per heavy atom. The number of ether oxygens (including phenoxy) is 4. The number of nitrogens with one attached hydrogen (secondary N) is 1. The SMILES string of the molecule is CCOc1ccc(CCNC(=O)C2COc3ccccc3O2)cc1OCC. The van der Waals surface area contributed by atoms with Crippen molar-refractivity contribution >= 4 is 5.91 Å². The van der Waals surface area contributed by atoms with Gasteiger partial charge in [-0.3, -0.25) is 4.79 Å². The van der Waals surface area contributed by atoms with E-state index in [4.69, 9.17) is 18.9 Å². The summed E-state index contributed by atoms with van der Waals surface area (Å²) in [5, 5.41) is 2.91. The third-order valence-electron chi connectivity index (χ3n) is 4.12. The van der Waals surface area contributed by atoms with Gasteiger partial charge in [0.25, 0.3) is 5.91 Å². The number of amides is 1. The highest BCUT2D eigenvalue weighted by atomic mass is 16.6. The third-order valence-corrected chi connectivity index (χ3v) is 4.12. The van der Waals surface area contributed by atoms with Crippen LogP contribution < -0.4 is 24.3 Å². The Labute approximate surface area is 159 Å². The third kappa shape index (κ3) is 4.84. The fourth-order valence-corrected chi connectivity index (χ4v) is 2.84. The van der Waals surface area contributed by atoms with Crippen LogP contribution in [-0.4, -0.2) is 38.4 Å². The van der Waals surface area contributed by atoms with E-state index in [1.54, 1.807) is 6.07 Å². The summed E-state index contributed by atoms with van der Waals surface area (Å²) in [4.78, 5) is 12.3. The summed E-state index contributed by atoms with van der Waals surface area (Å²) in [5.41, 5.74) is 1.06. The summed E-state index contributed by atoms with van der Waals surface area (Å²) in [7, 11) is 0. The summed E-state index contributed by atoms with van der Waals surface area (Å²) < 4.78 is 22.5. The van der Waals surface area contributed by atoms with Crippen molar-refractivity contribution in [1.82, 2.24) is 5.32 Å². The van der Waals surface area contributed by atoms with Gasteiger partial charge in [-0.1, -0.05) is 18.2 Å². The molecule has 27 heavy (non-hydrogen) atoms. The monoisotopic (exact) mass is 371 g/mol. The molecular weight excluding hydrogens is 346 g/mol. The zero-order valence-corrected chi connectivity index (χ0v) is 15.7. The maximum Gasteiger partial charge on any atom is 0.264 e. The summed E-state index contributed by atoms with van der Waals surface area (Å²) in [6, 6.07) is 13.2. The van der Waals surface area contributed by atoms with Crippen LogP contribution in [0.15, 0.2) is 42.5 Å². The first-order chi connectivity index (χ1) is 13.2. The Morgan fingerprint density at radius 3 is 2.59 bits per heavy atom. The molecule has 1 amide bonds. The van der Waals surface area contributed by atoms with E-state index in [2.05, 4.69) is 5.32 Å². The van der Waals surface area contributed by atoms with Gasteiger partial charge in [-0.25, -0.2) is 0 Å². The van der Waals surface area contributed by atoms with Crippen molar-refractivity contribution in [2.75, 3.05) is 26.4 Å². The van der Waals surface area contributed by atoms with E-state index in [-0.39, 0.29) is 12.5 Å². The van der Waals surface area contributed by atoms with Crippen molar-refractivity contribution in [3.8, 4) is 23.0 Å². The number of fused-ring (bicyclic) bond motifs is 1. The minimum absolute atomic E-state index is 0.180. The normalized spacial score (nSPS) is 15.1. The molecule has 2 aromatic rings. The van der Waals surface area contributed by atoms with Crippen LogP contribution in [0.5, 0.6) is 23.0 Å². The lowest BCUT2D eigenvalue weighted by atomic mass is 10.1. The first kappa shape index (κ1) is 18.9. The van der Waals surface area contributed by atoms with Crippen molar-refractivity contribution in [1.29, 1.82) is 0 Å². The number of para-hydroxylation sites is 2. The Kier molecular flexibility index (Phi) is 6.41. The Morgan fingerprint density at radius 2 is 1.81 bits per heavy atom. The molecule has 144 valence electrons. The van der Waals surface area contributed by atoms with E-state index in [1.807, 2.05) is 50.2 Å². The first-order valence-corrected chi connectivity index (χ1v) is 9.26. The lowest BCUT2D eigenvalue weighted by Gasteiger charge is -2.25. The van der Waals surface area contributed by atoms with Crippen molar-refractivity contribution in [2.45, 2.75) is 26.4 Å². The average molecular weight is 371 g/mol. The van der Waals surface area contributed by atoms with Gasteiger partial charge in [0.2, 0.25) is 6.10 Å². The van der Waals surface area contributed by atoms with Crippen molar-refractivity contribution in [2.24, 2.45) is 0 Å². The summed E-state index contributed by atoms with van der Waals surface area (Å²) in [5.74, 6) is 2.54. The maximum atomic E-state index is 12.3. The molecule has 1 atom stereocenters. The lowest BCUT2D eigenvalue weighted by molar-refractivity contribution is -0.130. The van der Waals surface area contributed by atoms with Crippen LogP contribution in [0.1, 0.15) is 19.4 Å². The highest BCUT2D eigenvalue weighted by Crippen LogP contribution is 2.31. The van der Waals surface area contributed by atoms with Crippen LogP contribution in [-0.2, 0) is 11.2 Å². The fraction of sp³-hybridized carbons (Fsp3) is 0.381. The number of hydrogen-bond acceptors (Lipinski definition) is 5. The zero-order chi connectivity index (χ0) is 19.1. The van der Waals surface area contributed by atoms with E-state index in [0.717, 1.165) is 17.1 Å². The van der Waals surface area contributed by atoms with E-state index in [9.17, 15) is 4.79 Å². The van der Waals surface area contributed by atoms with E-state index >= 15 is 0 Å². The van der Waals surface area contributed by atoms with Crippen molar-refractivity contribution in [3.63, 3.8) is 0 Å². The van der Waals surface area contributed by atoms with Gasteiger partial charge >= 0.3 is 0 Å². The molecule has 1 aliphatic heterocycles. The zero-order valence-electron chi connectivity index (χ0n) is 15.7. The van der Waals surface area contributed by atoms with Crippen molar-refractivity contribution < 1.29 is 23.7 Å². The van der Waals surface area contributed by atoms with Crippen molar-refractivity contribution in [3.05, 3.63) is 48.0 Å². The molecule has 0 aliphatic carbocycles. The molecule has 2 aromatic carbocycles. The van der Waals surface area contributed by atoms with Gasteiger partial charge in [-0.2, -0.15) is 0 Å². The van der Waals surface area contributed by atoms with Gasteiger partial charge in [-0.05, 0) is 50.1 Å². The van der Waals surface area contributed by atoms with E-state index in [1.165, 1.54) is 0 Å². The van der Waals surface area contributed by atoms with Gasteiger partial charge in [-0.15, -0.1) is 0 Å². The van der Waals surface area contributed by atoms with Gasteiger partial charge in [0.05, 0.1) is 13.2 Å². The molecule has 1 unspecified atom stereocenters. The Balaban J connectivity index is 1.52. The molecule has 1 heterocycles. The van der Waals surface area contributed by atoms with E-state index in [0.29, 0.717) is 37.7 Å². The number of carbonyl (C=O) groups is 1. The Hall–Kier alpha value is -2.89. The summed E-state index contributed by atoms with van der Waals surface area (Å²) in [6.45, 7) is 5.74. The maximum absolute atomic E-state index is 12.3. The molecule has 0 radical (unpaired) electrons. The second-order valence-corrected chi connectivity index (χ2v) is 6.05. The second-order valence-electron chi connectivity index (χ2n) is 6.05. The van der Waals surface area contributed by atoms with Crippen LogP contribution in [0.2, 0.25) is 0 Å². The average Bonchev–Trinajstić information content (AvgIpc) is 2.69. The largest absolute Gasteiger partial charge is 0.490 e. The van der Waals surface area contributed by atoms with Crippen LogP contribution >= 0.6 is 0 Å². The van der Waals surface area contributed by atoms with Crippen LogP contribution in [0.25, 0.3) is 0 Å². The molecule has 0 spiro atoms. The minimum Gasteiger partial charge on any atom is -0.490 e.